The molecule has 24 heavy (non-hydrogen) atoms. The molecule has 0 saturated carbocycles. The van der Waals surface area contributed by atoms with E-state index in [-0.39, 0.29) is 41.8 Å². The van der Waals surface area contributed by atoms with Crippen molar-refractivity contribution in [1.82, 2.24) is 10.2 Å². The molecule has 4 rings (SSSR count). The van der Waals surface area contributed by atoms with Crippen LogP contribution in [0.2, 0.25) is 0 Å². The Balaban J connectivity index is 1.46. The van der Waals surface area contributed by atoms with E-state index in [2.05, 4.69) is 5.32 Å². The summed E-state index contributed by atoms with van der Waals surface area (Å²) in [5, 5.41) is 15.0. The first-order chi connectivity index (χ1) is 11.5. The van der Waals surface area contributed by atoms with E-state index < -0.39 is 0 Å². The highest BCUT2D eigenvalue weighted by Crippen LogP contribution is 2.47. The van der Waals surface area contributed by atoms with Crippen molar-refractivity contribution in [1.29, 1.82) is 0 Å². The summed E-state index contributed by atoms with van der Waals surface area (Å²) >= 11 is 1.39. The molecule has 1 amide bonds. The number of hydrogen-bond donors (Lipinski definition) is 2. The number of ether oxygens (including phenoxy) is 1. The third-order valence-electron chi connectivity index (χ3n) is 5.62. The number of thiophene rings is 1. The van der Waals surface area contributed by atoms with Crippen LogP contribution in [0.15, 0.2) is 11.4 Å². The summed E-state index contributed by atoms with van der Waals surface area (Å²) in [6, 6.07) is 1.81. The predicted molar refractivity (Wildman–Crippen MR) is 89.1 cm³/mol. The Kier molecular flexibility index (Phi) is 3.99. The first-order valence-electron chi connectivity index (χ1n) is 8.38. The third kappa shape index (κ3) is 2.50. The normalized spacial score (nSPS) is 34.4. The lowest BCUT2D eigenvalue weighted by molar-refractivity contribution is -0.133. The van der Waals surface area contributed by atoms with E-state index in [4.69, 9.17) is 4.74 Å². The van der Waals surface area contributed by atoms with Gasteiger partial charge >= 0.3 is 0 Å². The van der Waals surface area contributed by atoms with Crippen LogP contribution in [0.5, 0.6) is 0 Å². The van der Waals surface area contributed by atoms with Crippen LogP contribution in [0.25, 0.3) is 0 Å². The number of hydrogen-bond acceptors (Lipinski definition) is 6. The van der Waals surface area contributed by atoms with Gasteiger partial charge in [0.1, 0.15) is 5.60 Å². The van der Waals surface area contributed by atoms with Gasteiger partial charge in [-0.15, -0.1) is 11.3 Å². The van der Waals surface area contributed by atoms with Gasteiger partial charge in [-0.25, -0.2) is 0 Å². The fourth-order valence-corrected chi connectivity index (χ4v) is 5.24. The van der Waals surface area contributed by atoms with Crippen LogP contribution in [0, 0.1) is 11.8 Å². The molecule has 3 aliphatic heterocycles. The molecule has 0 aliphatic carbocycles. The lowest BCUT2D eigenvalue weighted by Gasteiger charge is -2.33. The number of carbonyl (C=O) groups is 2. The van der Waals surface area contributed by atoms with E-state index in [0.29, 0.717) is 24.4 Å². The van der Waals surface area contributed by atoms with Gasteiger partial charge in [-0.2, -0.15) is 0 Å². The molecule has 1 spiro atoms. The second-order valence-electron chi connectivity index (χ2n) is 7.13. The zero-order valence-corrected chi connectivity index (χ0v) is 14.5. The van der Waals surface area contributed by atoms with Gasteiger partial charge < -0.3 is 20.1 Å². The number of likely N-dealkylation sites (tertiary alicyclic amines) is 1. The number of carbonyl (C=O) groups excluding carboxylic acids is 2. The largest absolute Gasteiger partial charge is 0.396 e. The van der Waals surface area contributed by atoms with Gasteiger partial charge in [0, 0.05) is 38.1 Å². The van der Waals surface area contributed by atoms with E-state index >= 15 is 0 Å². The number of aliphatic hydroxyl groups excluding tert-OH is 1. The number of nitrogens with one attached hydrogen (secondary N) is 1. The van der Waals surface area contributed by atoms with E-state index in [1.165, 1.54) is 18.3 Å². The molecule has 0 radical (unpaired) electrons. The van der Waals surface area contributed by atoms with E-state index in [1.54, 1.807) is 0 Å². The van der Waals surface area contributed by atoms with E-state index in [0.717, 1.165) is 18.7 Å². The molecule has 6 nitrogen and oxygen atoms in total. The number of rotatable bonds is 4. The summed E-state index contributed by atoms with van der Waals surface area (Å²) in [7, 11) is 0. The fourth-order valence-electron chi connectivity index (χ4n) is 4.43. The minimum Gasteiger partial charge on any atom is -0.396 e. The zero-order chi connectivity index (χ0) is 16.9. The molecule has 130 valence electrons. The Morgan fingerprint density at radius 1 is 1.54 bits per heavy atom. The van der Waals surface area contributed by atoms with Crippen LogP contribution in [0.1, 0.15) is 22.2 Å². The summed E-state index contributed by atoms with van der Waals surface area (Å²) in [4.78, 5) is 26.6. The molecule has 2 bridgehead atoms. The maximum Gasteiger partial charge on any atom is 0.227 e. The third-order valence-corrected chi connectivity index (χ3v) is 6.70. The maximum absolute atomic E-state index is 12.7. The highest BCUT2D eigenvalue weighted by Gasteiger charge is 2.61. The second kappa shape index (κ2) is 5.91. The number of aliphatic hydroxyl groups is 1. The first kappa shape index (κ1) is 16.2. The number of morpholine rings is 1. The lowest BCUT2D eigenvalue weighted by atomic mass is 9.83. The van der Waals surface area contributed by atoms with Crippen LogP contribution in [0.4, 0.5) is 0 Å². The summed E-state index contributed by atoms with van der Waals surface area (Å²) in [5.41, 5.74) is 0.551. The molecule has 0 unspecified atom stereocenters. The van der Waals surface area contributed by atoms with Crippen LogP contribution < -0.4 is 5.32 Å². The Labute approximate surface area is 144 Å². The minimum atomic E-state index is -0.342. The number of nitrogens with zero attached hydrogens (tertiary/aromatic N) is 1. The van der Waals surface area contributed by atoms with Crippen molar-refractivity contribution in [2.24, 2.45) is 11.8 Å². The average molecular weight is 350 g/mol. The van der Waals surface area contributed by atoms with Gasteiger partial charge in [0.2, 0.25) is 5.91 Å². The number of amides is 1. The quantitative estimate of drug-likeness (QED) is 0.764. The van der Waals surface area contributed by atoms with Crippen molar-refractivity contribution < 1.29 is 19.4 Å². The second-order valence-corrected chi connectivity index (χ2v) is 8.04. The first-order valence-corrected chi connectivity index (χ1v) is 9.26. The van der Waals surface area contributed by atoms with Gasteiger partial charge in [0.25, 0.3) is 0 Å². The topological polar surface area (TPSA) is 78.9 Å². The van der Waals surface area contributed by atoms with Crippen LogP contribution >= 0.6 is 11.3 Å². The van der Waals surface area contributed by atoms with Gasteiger partial charge in [-0.05, 0) is 23.9 Å². The summed E-state index contributed by atoms with van der Waals surface area (Å²) in [5.74, 6) is 0.394. The van der Waals surface area contributed by atoms with Crippen molar-refractivity contribution in [3.63, 3.8) is 0 Å². The van der Waals surface area contributed by atoms with Crippen LogP contribution in [0.3, 0.4) is 0 Å². The van der Waals surface area contributed by atoms with Crippen molar-refractivity contribution in [2.45, 2.75) is 25.0 Å². The molecule has 1 aromatic heterocycles. The average Bonchev–Trinajstić information content (AvgIpc) is 3.19. The van der Waals surface area contributed by atoms with Gasteiger partial charge in [0.05, 0.1) is 23.9 Å². The SMILES string of the molecule is CC(=O)c1cc(CC(=O)N2C[C@@H]3[C@H](CO)[C@H]4CNC[C@]3(C2)O4)cs1. The maximum atomic E-state index is 12.7. The van der Waals surface area contributed by atoms with Gasteiger partial charge in [-0.3, -0.25) is 9.59 Å². The number of ketones is 1. The highest BCUT2D eigenvalue weighted by molar-refractivity contribution is 7.12. The standard InChI is InChI=1S/C17H22N2O4S/c1-10(21)15-2-11(7-24-15)3-16(22)19-5-13-12(6-20)14-4-18-8-17(13,9-19)23-14/h2,7,12-14,18,20H,3-6,8-9H2,1H3/t12-,13+,14+,17+/m0/s1. The van der Waals surface area contributed by atoms with Crippen molar-refractivity contribution in [2.75, 3.05) is 32.8 Å². The predicted octanol–water partition coefficient (Wildman–Crippen LogP) is 0.301. The van der Waals surface area contributed by atoms with Gasteiger partial charge in [-0.1, -0.05) is 0 Å². The van der Waals surface area contributed by atoms with E-state index in [1.807, 2.05) is 16.3 Å². The molecule has 7 heteroatoms. The Morgan fingerprint density at radius 3 is 3.08 bits per heavy atom. The highest BCUT2D eigenvalue weighted by atomic mass is 32.1. The van der Waals surface area contributed by atoms with Crippen LogP contribution in [-0.2, 0) is 16.0 Å². The van der Waals surface area contributed by atoms with Crippen molar-refractivity contribution in [3.05, 3.63) is 21.9 Å². The monoisotopic (exact) mass is 350 g/mol. The molecular weight excluding hydrogens is 328 g/mol. The molecule has 4 atom stereocenters. The minimum absolute atomic E-state index is 0.0341. The zero-order valence-electron chi connectivity index (χ0n) is 13.7. The fraction of sp³-hybridized carbons (Fsp3) is 0.647. The summed E-state index contributed by atoms with van der Waals surface area (Å²) in [6.45, 7) is 4.39. The van der Waals surface area contributed by atoms with Gasteiger partial charge in [0.15, 0.2) is 5.78 Å². The molecule has 2 N–H and O–H groups in total. The molecule has 4 heterocycles. The van der Waals surface area contributed by atoms with Crippen LogP contribution in [-0.4, -0.2) is 66.2 Å². The molecule has 1 aromatic rings. The Bertz CT molecular complexity index is 675. The van der Waals surface area contributed by atoms with Crippen molar-refractivity contribution >= 4 is 23.0 Å². The lowest BCUT2D eigenvalue weighted by Crippen LogP contribution is -2.52. The Morgan fingerprint density at radius 2 is 2.38 bits per heavy atom. The number of fused-ring (bicyclic) bond motifs is 1. The van der Waals surface area contributed by atoms with Crippen molar-refractivity contribution in [3.8, 4) is 0 Å². The molecule has 3 saturated heterocycles. The molecule has 3 aliphatic rings. The molecule has 0 aromatic carbocycles. The summed E-state index contributed by atoms with van der Waals surface area (Å²) < 4.78 is 6.22. The van der Waals surface area contributed by atoms with E-state index in [9.17, 15) is 14.7 Å². The molecular formula is C17H22N2O4S. The molecule has 3 fully saturated rings. The smallest absolute Gasteiger partial charge is 0.227 e. The number of Topliss-reactive ketones (excluding diaryl/α,β-unsaturated/α-hetero) is 1. The summed E-state index contributed by atoms with van der Waals surface area (Å²) in [6.07, 6.45) is 0.369. The Hall–Kier alpha value is -1.28.